The molecule has 1 unspecified atom stereocenters. The van der Waals surface area contributed by atoms with Crippen LogP contribution in [0.3, 0.4) is 0 Å². The molecule has 1 aliphatic carbocycles. The predicted molar refractivity (Wildman–Crippen MR) is 74.1 cm³/mol. The van der Waals surface area contributed by atoms with E-state index < -0.39 is 32.5 Å². The van der Waals surface area contributed by atoms with Crippen LogP contribution < -0.4 is 0 Å². The molecular formula is C15H10O5S. The topological polar surface area (TPSA) is 88.5 Å². The summed E-state index contributed by atoms with van der Waals surface area (Å²) in [6, 6.07) is 12.3. The molecule has 1 N–H and O–H groups in total. The lowest BCUT2D eigenvalue weighted by molar-refractivity contribution is 0.0889. The SMILES string of the molecule is O=C1c2cccc(S(=O)(=O)O)c2C(=O)C1c1ccccc1. The van der Waals surface area contributed by atoms with Crippen LogP contribution in [0.1, 0.15) is 32.2 Å². The van der Waals surface area contributed by atoms with E-state index in [4.69, 9.17) is 0 Å². The minimum absolute atomic E-state index is 0.0315. The van der Waals surface area contributed by atoms with E-state index in [2.05, 4.69) is 0 Å². The Morgan fingerprint density at radius 2 is 1.52 bits per heavy atom. The number of carbonyl (C=O) groups excluding carboxylic acids is 2. The molecule has 0 bridgehead atoms. The Kier molecular flexibility index (Phi) is 3.00. The summed E-state index contributed by atoms with van der Waals surface area (Å²) in [5.41, 5.74) is 0.313. The van der Waals surface area contributed by atoms with Crippen LogP contribution in [0, 0.1) is 0 Å². The van der Waals surface area contributed by atoms with Crippen molar-refractivity contribution in [3.63, 3.8) is 0 Å². The first kappa shape index (κ1) is 13.7. The van der Waals surface area contributed by atoms with Crippen molar-refractivity contribution >= 4 is 21.7 Å². The molecule has 1 atom stereocenters. The highest BCUT2D eigenvalue weighted by Crippen LogP contribution is 2.36. The van der Waals surface area contributed by atoms with Gasteiger partial charge in [0.15, 0.2) is 11.6 Å². The zero-order chi connectivity index (χ0) is 15.2. The first-order valence-corrected chi connectivity index (χ1v) is 7.59. The maximum Gasteiger partial charge on any atom is 0.295 e. The third-order valence-electron chi connectivity index (χ3n) is 3.47. The Labute approximate surface area is 121 Å². The van der Waals surface area contributed by atoms with E-state index in [0.29, 0.717) is 5.56 Å². The predicted octanol–water partition coefficient (Wildman–Crippen LogP) is 2.10. The quantitative estimate of drug-likeness (QED) is 0.678. The average Bonchev–Trinajstić information content (AvgIpc) is 2.71. The van der Waals surface area contributed by atoms with Gasteiger partial charge in [-0.05, 0) is 11.6 Å². The highest BCUT2D eigenvalue weighted by molar-refractivity contribution is 7.86. The second-order valence-corrected chi connectivity index (χ2v) is 6.12. The number of fused-ring (bicyclic) bond motifs is 1. The largest absolute Gasteiger partial charge is 0.295 e. The number of carbonyl (C=O) groups is 2. The van der Waals surface area contributed by atoms with Crippen LogP contribution in [0.15, 0.2) is 53.4 Å². The van der Waals surface area contributed by atoms with Gasteiger partial charge >= 0.3 is 0 Å². The highest BCUT2D eigenvalue weighted by Gasteiger charge is 2.42. The molecule has 0 radical (unpaired) electrons. The van der Waals surface area contributed by atoms with E-state index in [1.165, 1.54) is 12.1 Å². The molecule has 0 aromatic heterocycles. The number of hydrogen-bond donors (Lipinski definition) is 1. The average molecular weight is 302 g/mol. The Morgan fingerprint density at radius 3 is 2.14 bits per heavy atom. The van der Waals surface area contributed by atoms with Gasteiger partial charge < -0.3 is 0 Å². The van der Waals surface area contributed by atoms with Crippen molar-refractivity contribution in [2.45, 2.75) is 10.8 Å². The minimum atomic E-state index is -4.56. The molecule has 106 valence electrons. The normalized spacial score (nSPS) is 17.9. The summed E-state index contributed by atoms with van der Waals surface area (Å²) in [4.78, 5) is 24.4. The standard InChI is InChI=1S/C15H10O5S/c16-14-10-7-4-8-11(21(18,19)20)13(10)15(17)12(14)9-5-2-1-3-6-9/h1-8,12H,(H,18,19,20). The molecule has 5 nitrogen and oxygen atoms in total. The molecule has 0 fully saturated rings. The van der Waals surface area contributed by atoms with Gasteiger partial charge in [0.2, 0.25) is 0 Å². The van der Waals surface area contributed by atoms with Gasteiger partial charge in [0.25, 0.3) is 10.1 Å². The molecule has 1 aliphatic rings. The lowest BCUT2D eigenvalue weighted by atomic mass is 9.94. The zero-order valence-electron chi connectivity index (χ0n) is 10.7. The molecule has 0 aliphatic heterocycles. The molecule has 2 aromatic rings. The third-order valence-corrected chi connectivity index (χ3v) is 4.37. The van der Waals surface area contributed by atoms with Crippen molar-refractivity contribution in [2.24, 2.45) is 0 Å². The Hall–Kier alpha value is -2.31. The molecule has 3 rings (SSSR count). The second kappa shape index (κ2) is 4.61. The van der Waals surface area contributed by atoms with Crippen molar-refractivity contribution in [2.75, 3.05) is 0 Å². The molecule has 0 heterocycles. The first-order chi connectivity index (χ1) is 9.91. The van der Waals surface area contributed by atoms with Crippen LogP contribution in [0.4, 0.5) is 0 Å². The monoisotopic (exact) mass is 302 g/mol. The van der Waals surface area contributed by atoms with Gasteiger partial charge in [-0.15, -0.1) is 0 Å². The van der Waals surface area contributed by atoms with Crippen LogP contribution in [0.2, 0.25) is 0 Å². The van der Waals surface area contributed by atoms with Crippen molar-refractivity contribution in [3.05, 3.63) is 65.2 Å². The van der Waals surface area contributed by atoms with Gasteiger partial charge in [0.1, 0.15) is 10.8 Å². The van der Waals surface area contributed by atoms with E-state index in [1.807, 2.05) is 0 Å². The zero-order valence-corrected chi connectivity index (χ0v) is 11.5. The summed E-state index contributed by atoms with van der Waals surface area (Å²) in [7, 11) is -4.56. The second-order valence-electron chi connectivity index (χ2n) is 4.73. The van der Waals surface area contributed by atoms with Crippen molar-refractivity contribution < 1.29 is 22.6 Å². The first-order valence-electron chi connectivity index (χ1n) is 6.15. The minimum Gasteiger partial charge on any atom is -0.293 e. The van der Waals surface area contributed by atoms with Crippen LogP contribution >= 0.6 is 0 Å². The van der Waals surface area contributed by atoms with Gasteiger partial charge in [-0.2, -0.15) is 8.42 Å². The van der Waals surface area contributed by atoms with Gasteiger partial charge in [0.05, 0.1) is 5.56 Å². The number of rotatable bonds is 2. The van der Waals surface area contributed by atoms with Crippen molar-refractivity contribution in [1.82, 2.24) is 0 Å². The van der Waals surface area contributed by atoms with E-state index in [0.717, 1.165) is 6.07 Å². The Bertz CT molecular complexity index is 853. The summed E-state index contributed by atoms with van der Waals surface area (Å²) in [6.45, 7) is 0. The van der Waals surface area contributed by atoms with E-state index in [9.17, 15) is 22.6 Å². The number of Topliss-reactive ketones (excluding diaryl/α,β-unsaturated/α-hetero) is 2. The molecule has 2 aromatic carbocycles. The third kappa shape index (κ3) is 2.09. The van der Waals surface area contributed by atoms with Crippen molar-refractivity contribution in [3.8, 4) is 0 Å². The summed E-state index contributed by atoms with van der Waals surface area (Å²) in [6.07, 6.45) is 0. The Morgan fingerprint density at radius 1 is 0.857 bits per heavy atom. The Balaban J connectivity index is 2.23. The number of hydrogen-bond acceptors (Lipinski definition) is 4. The fourth-order valence-electron chi connectivity index (χ4n) is 2.57. The summed E-state index contributed by atoms with van der Waals surface area (Å²) >= 11 is 0. The summed E-state index contributed by atoms with van der Waals surface area (Å²) < 4.78 is 32.0. The van der Waals surface area contributed by atoms with E-state index >= 15 is 0 Å². The van der Waals surface area contributed by atoms with Gasteiger partial charge in [0, 0.05) is 5.56 Å². The molecular weight excluding hydrogens is 292 g/mol. The highest BCUT2D eigenvalue weighted by atomic mass is 32.2. The summed E-state index contributed by atoms with van der Waals surface area (Å²) in [5, 5.41) is 0. The molecule has 0 amide bonds. The van der Waals surface area contributed by atoms with Crippen molar-refractivity contribution in [1.29, 1.82) is 0 Å². The molecule has 0 saturated carbocycles. The van der Waals surface area contributed by atoms with Crippen LogP contribution in [-0.2, 0) is 10.1 Å². The maximum absolute atomic E-state index is 12.5. The fraction of sp³-hybridized carbons (Fsp3) is 0.0667. The summed E-state index contributed by atoms with van der Waals surface area (Å²) in [5.74, 6) is -2.11. The number of ketones is 2. The van der Waals surface area contributed by atoms with Gasteiger partial charge in [-0.25, -0.2) is 0 Å². The molecule has 0 spiro atoms. The maximum atomic E-state index is 12.5. The lowest BCUT2D eigenvalue weighted by Crippen LogP contribution is -2.13. The van der Waals surface area contributed by atoms with E-state index in [-0.39, 0.29) is 11.1 Å². The van der Waals surface area contributed by atoms with Crippen LogP contribution in [0.5, 0.6) is 0 Å². The smallest absolute Gasteiger partial charge is 0.293 e. The number of benzene rings is 2. The van der Waals surface area contributed by atoms with Gasteiger partial charge in [-0.1, -0.05) is 42.5 Å². The molecule has 6 heteroatoms. The van der Waals surface area contributed by atoms with Gasteiger partial charge in [-0.3, -0.25) is 14.1 Å². The molecule has 0 saturated heterocycles. The molecule has 21 heavy (non-hydrogen) atoms. The van der Waals surface area contributed by atoms with E-state index in [1.54, 1.807) is 30.3 Å². The van der Waals surface area contributed by atoms with Crippen LogP contribution in [-0.4, -0.2) is 24.5 Å². The lowest BCUT2D eigenvalue weighted by Gasteiger charge is -2.06. The fourth-order valence-corrected chi connectivity index (χ4v) is 3.29. The van der Waals surface area contributed by atoms with Crippen LogP contribution in [0.25, 0.3) is 0 Å².